The van der Waals surface area contributed by atoms with E-state index in [4.69, 9.17) is 0 Å². The molecule has 142 valence electrons. The van der Waals surface area contributed by atoms with E-state index >= 15 is 0 Å². The number of hydrogen-bond donors (Lipinski definition) is 1. The maximum absolute atomic E-state index is 12.9. The Morgan fingerprint density at radius 1 is 1.18 bits per heavy atom. The number of para-hydroxylation sites is 1. The lowest BCUT2D eigenvalue weighted by Gasteiger charge is -2.18. The Morgan fingerprint density at radius 3 is 2.68 bits per heavy atom. The average molecular weight is 439 g/mol. The van der Waals surface area contributed by atoms with Crippen LogP contribution in [0.1, 0.15) is 24.2 Å². The number of fused-ring (bicyclic) bond motifs is 3. The molecule has 0 aliphatic carbocycles. The fraction of sp³-hybridized carbons (Fsp3) is 0.190. The lowest BCUT2D eigenvalue weighted by molar-refractivity contribution is -0.124. The molecule has 2 aromatic carbocycles. The molecule has 4 aromatic rings. The van der Waals surface area contributed by atoms with Crippen LogP contribution in [-0.2, 0) is 11.3 Å². The highest BCUT2D eigenvalue weighted by molar-refractivity contribution is 9.10. The average Bonchev–Trinajstić information content (AvgIpc) is 3.01. The zero-order valence-corrected chi connectivity index (χ0v) is 17.1. The fourth-order valence-corrected chi connectivity index (χ4v) is 3.90. The van der Waals surface area contributed by atoms with Gasteiger partial charge in [0, 0.05) is 28.2 Å². The van der Waals surface area contributed by atoms with Gasteiger partial charge in [0.1, 0.15) is 6.04 Å². The Balaban J connectivity index is 1.76. The van der Waals surface area contributed by atoms with Gasteiger partial charge in [-0.15, -0.1) is 0 Å². The van der Waals surface area contributed by atoms with Crippen LogP contribution in [0.15, 0.2) is 63.9 Å². The first kappa shape index (κ1) is 18.4. The largest absolute Gasteiger partial charge is 0.350 e. The molecular formula is C21H19BrN4O2. The smallest absolute Gasteiger partial charge is 0.273 e. The van der Waals surface area contributed by atoms with E-state index in [0.717, 1.165) is 26.6 Å². The predicted octanol–water partition coefficient (Wildman–Crippen LogP) is 3.60. The van der Waals surface area contributed by atoms with Crippen LogP contribution in [0.3, 0.4) is 0 Å². The van der Waals surface area contributed by atoms with Gasteiger partial charge < -0.3 is 5.32 Å². The second kappa shape index (κ2) is 7.24. The Bertz CT molecular complexity index is 1260. The number of carbonyl (C=O) groups excluding carboxylic acids is 1. The topological polar surface area (TPSA) is 68.4 Å². The summed E-state index contributed by atoms with van der Waals surface area (Å²) in [6.07, 6.45) is 0. The summed E-state index contributed by atoms with van der Waals surface area (Å²) >= 11 is 3.51. The monoisotopic (exact) mass is 438 g/mol. The van der Waals surface area contributed by atoms with E-state index in [0.29, 0.717) is 12.2 Å². The number of amides is 1. The predicted molar refractivity (Wildman–Crippen MR) is 112 cm³/mol. The number of nitrogens with zero attached hydrogens (tertiary/aromatic N) is 3. The highest BCUT2D eigenvalue weighted by atomic mass is 79.9. The van der Waals surface area contributed by atoms with Crippen molar-refractivity contribution in [1.29, 1.82) is 0 Å². The van der Waals surface area contributed by atoms with Crippen LogP contribution in [0, 0.1) is 6.92 Å². The minimum Gasteiger partial charge on any atom is -0.350 e. The molecule has 2 heterocycles. The van der Waals surface area contributed by atoms with E-state index in [2.05, 4.69) is 26.2 Å². The van der Waals surface area contributed by atoms with Crippen molar-refractivity contribution in [3.8, 4) is 0 Å². The molecule has 1 N–H and O–H groups in total. The lowest BCUT2D eigenvalue weighted by atomic mass is 10.2. The minimum atomic E-state index is -0.493. The number of nitrogens with one attached hydrogen (secondary N) is 1. The molecule has 1 unspecified atom stereocenters. The number of aromatic nitrogens is 3. The van der Waals surface area contributed by atoms with Gasteiger partial charge in [-0.3, -0.25) is 14.3 Å². The van der Waals surface area contributed by atoms with E-state index in [-0.39, 0.29) is 11.5 Å². The van der Waals surface area contributed by atoms with Gasteiger partial charge in [-0.25, -0.2) is 4.52 Å². The highest BCUT2D eigenvalue weighted by Gasteiger charge is 2.22. The maximum Gasteiger partial charge on any atom is 0.273 e. The summed E-state index contributed by atoms with van der Waals surface area (Å²) in [5, 5.41) is 3.84. The Labute approximate surface area is 169 Å². The van der Waals surface area contributed by atoms with E-state index in [1.807, 2.05) is 71.6 Å². The van der Waals surface area contributed by atoms with Gasteiger partial charge >= 0.3 is 0 Å². The molecule has 1 amide bonds. The van der Waals surface area contributed by atoms with Crippen molar-refractivity contribution in [2.75, 3.05) is 0 Å². The van der Waals surface area contributed by atoms with Gasteiger partial charge in [0.25, 0.3) is 5.56 Å². The molecule has 0 bridgehead atoms. The second-order valence-corrected chi connectivity index (χ2v) is 7.57. The fourth-order valence-electron chi connectivity index (χ4n) is 3.47. The van der Waals surface area contributed by atoms with Crippen molar-refractivity contribution in [2.24, 2.45) is 0 Å². The molecule has 1 atom stereocenters. The number of carbonyl (C=O) groups is 1. The van der Waals surface area contributed by atoms with Gasteiger partial charge in [-0.05, 0) is 37.6 Å². The molecule has 0 aliphatic rings. The van der Waals surface area contributed by atoms with Crippen LogP contribution in [0.25, 0.3) is 16.6 Å². The van der Waals surface area contributed by atoms with Crippen LogP contribution in [0.5, 0.6) is 0 Å². The standard InChI is InChI=1S/C21H19BrN4O2/c1-13-11-19(27)24-20-16-8-4-6-10-18(16)26(25(13)20)14(2)21(28)23-12-15-7-3-5-9-17(15)22/h3-11,14H,12H2,1-2H3,(H,23,28). The summed E-state index contributed by atoms with van der Waals surface area (Å²) < 4.78 is 4.69. The van der Waals surface area contributed by atoms with Crippen LogP contribution in [-0.4, -0.2) is 20.1 Å². The molecular weight excluding hydrogens is 420 g/mol. The summed E-state index contributed by atoms with van der Waals surface area (Å²) in [4.78, 5) is 29.1. The third-order valence-electron chi connectivity index (χ3n) is 4.85. The molecule has 0 radical (unpaired) electrons. The molecule has 0 aliphatic heterocycles. The molecule has 6 nitrogen and oxygen atoms in total. The summed E-state index contributed by atoms with van der Waals surface area (Å²) in [6.45, 7) is 4.12. The van der Waals surface area contributed by atoms with Crippen molar-refractivity contribution in [2.45, 2.75) is 26.4 Å². The van der Waals surface area contributed by atoms with E-state index in [9.17, 15) is 9.59 Å². The number of halogens is 1. The Kier molecular flexibility index (Phi) is 4.77. The SMILES string of the molecule is Cc1cc(=O)nc2c3ccccc3n(C(C)C(=O)NCc3ccccc3Br)n12. The van der Waals surface area contributed by atoms with Crippen LogP contribution >= 0.6 is 15.9 Å². The van der Waals surface area contributed by atoms with Gasteiger partial charge in [0.15, 0.2) is 5.65 Å². The van der Waals surface area contributed by atoms with Crippen molar-refractivity contribution >= 4 is 38.4 Å². The number of benzene rings is 2. The van der Waals surface area contributed by atoms with Gasteiger partial charge in [0.2, 0.25) is 5.91 Å². The number of aryl methyl sites for hydroxylation is 1. The summed E-state index contributed by atoms with van der Waals surface area (Å²) in [5.74, 6) is -0.114. The quantitative estimate of drug-likeness (QED) is 0.529. The third-order valence-corrected chi connectivity index (χ3v) is 5.62. The van der Waals surface area contributed by atoms with E-state index < -0.39 is 6.04 Å². The normalized spacial score (nSPS) is 12.4. The number of rotatable bonds is 4. The van der Waals surface area contributed by atoms with Crippen molar-refractivity contribution in [3.05, 3.63) is 80.7 Å². The molecule has 0 saturated heterocycles. The summed E-state index contributed by atoms with van der Waals surface area (Å²) in [6, 6.07) is 16.4. The van der Waals surface area contributed by atoms with Gasteiger partial charge in [-0.1, -0.05) is 46.3 Å². The third kappa shape index (κ3) is 3.11. The molecule has 4 rings (SSSR count). The van der Waals surface area contributed by atoms with Crippen LogP contribution < -0.4 is 10.9 Å². The van der Waals surface area contributed by atoms with E-state index in [1.165, 1.54) is 6.07 Å². The van der Waals surface area contributed by atoms with Crippen molar-refractivity contribution in [3.63, 3.8) is 0 Å². The van der Waals surface area contributed by atoms with Gasteiger partial charge in [0.05, 0.1) is 5.52 Å². The molecule has 0 spiro atoms. The van der Waals surface area contributed by atoms with Crippen LogP contribution in [0.4, 0.5) is 0 Å². The molecule has 0 fully saturated rings. The lowest BCUT2D eigenvalue weighted by Crippen LogP contribution is -2.32. The van der Waals surface area contributed by atoms with Crippen molar-refractivity contribution < 1.29 is 4.79 Å². The zero-order chi connectivity index (χ0) is 19.8. The maximum atomic E-state index is 12.9. The highest BCUT2D eigenvalue weighted by Crippen LogP contribution is 2.25. The summed E-state index contributed by atoms with van der Waals surface area (Å²) in [7, 11) is 0. The van der Waals surface area contributed by atoms with Crippen LogP contribution in [0.2, 0.25) is 0 Å². The molecule has 0 saturated carbocycles. The summed E-state index contributed by atoms with van der Waals surface area (Å²) in [5.41, 5.74) is 2.87. The first-order valence-corrected chi connectivity index (χ1v) is 9.77. The number of hydrogen-bond acceptors (Lipinski definition) is 3. The van der Waals surface area contributed by atoms with Gasteiger partial charge in [-0.2, -0.15) is 4.98 Å². The van der Waals surface area contributed by atoms with E-state index in [1.54, 1.807) is 0 Å². The zero-order valence-electron chi connectivity index (χ0n) is 15.5. The first-order valence-electron chi connectivity index (χ1n) is 8.98. The minimum absolute atomic E-state index is 0.114. The Morgan fingerprint density at radius 2 is 1.89 bits per heavy atom. The second-order valence-electron chi connectivity index (χ2n) is 6.72. The first-order chi connectivity index (χ1) is 13.5. The Hall–Kier alpha value is -2.93. The molecule has 28 heavy (non-hydrogen) atoms. The molecule has 7 heteroatoms. The van der Waals surface area contributed by atoms with Crippen molar-refractivity contribution in [1.82, 2.24) is 19.5 Å². The molecule has 2 aromatic heterocycles.